The SMILES string of the molecule is COC(=O)CCC(NC(=O)c1c[nH]c(-c2cc(Oc3ccc(NC(=O)Nc4cc(C)ccc4F)c(F)c3)ccn2)c1)C(=O)OC. The van der Waals surface area contributed by atoms with Crippen molar-refractivity contribution in [1.82, 2.24) is 15.3 Å². The summed E-state index contributed by atoms with van der Waals surface area (Å²) in [5.41, 5.74) is 1.55. The average molecular weight is 622 g/mol. The predicted molar refractivity (Wildman–Crippen MR) is 159 cm³/mol. The quantitative estimate of drug-likeness (QED) is 0.164. The molecule has 0 aliphatic heterocycles. The number of ether oxygens (including phenoxy) is 3. The Hall–Kier alpha value is -5.79. The molecule has 0 saturated heterocycles. The predicted octanol–water partition coefficient (Wildman–Crippen LogP) is 5.32. The largest absolute Gasteiger partial charge is 0.469 e. The number of esters is 2. The van der Waals surface area contributed by atoms with Crippen LogP contribution in [0.3, 0.4) is 0 Å². The van der Waals surface area contributed by atoms with Gasteiger partial charge in [-0.25, -0.2) is 18.4 Å². The van der Waals surface area contributed by atoms with E-state index in [0.29, 0.717) is 17.1 Å². The van der Waals surface area contributed by atoms with E-state index >= 15 is 0 Å². The molecule has 2 aromatic carbocycles. The van der Waals surface area contributed by atoms with Crippen LogP contribution >= 0.6 is 0 Å². The van der Waals surface area contributed by atoms with Gasteiger partial charge < -0.3 is 35.1 Å². The van der Waals surface area contributed by atoms with Crippen LogP contribution in [-0.2, 0) is 19.1 Å². The number of anilines is 2. The molecule has 0 aliphatic rings. The standard InChI is InChI=1S/C31H29F2N5O7/c1-17-4-6-21(32)25(12-17)38-31(42)37-23-7-5-19(14-22(23)33)45-20-10-11-34-27(15-20)26-13-18(16-35-26)29(40)36-24(30(41)44-3)8-9-28(39)43-2/h4-7,10-16,24,35H,8-9H2,1-3H3,(H,36,40)(H2,37,38,42). The molecule has 14 heteroatoms. The first kappa shape index (κ1) is 32.1. The summed E-state index contributed by atoms with van der Waals surface area (Å²) >= 11 is 0. The number of nitrogens with zero attached hydrogens (tertiary/aromatic N) is 1. The number of carbonyl (C=O) groups excluding carboxylic acids is 4. The second kappa shape index (κ2) is 14.6. The van der Waals surface area contributed by atoms with Crippen molar-refractivity contribution in [3.05, 3.63) is 89.8 Å². The maximum atomic E-state index is 14.8. The Morgan fingerprint density at radius 2 is 1.64 bits per heavy atom. The fraction of sp³-hybridized carbons (Fsp3) is 0.194. The van der Waals surface area contributed by atoms with Crippen LogP contribution in [0.15, 0.2) is 67.0 Å². The Kier molecular flexibility index (Phi) is 10.4. The zero-order chi connectivity index (χ0) is 32.5. The van der Waals surface area contributed by atoms with Crippen LogP contribution in [0.25, 0.3) is 11.4 Å². The molecular formula is C31H29F2N5O7. The van der Waals surface area contributed by atoms with E-state index in [2.05, 4.69) is 30.7 Å². The number of amides is 3. The lowest BCUT2D eigenvalue weighted by Crippen LogP contribution is -2.41. The fourth-order valence-electron chi connectivity index (χ4n) is 4.10. The maximum Gasteiger partial charge on any atom is 0.328 e. The van der Waals surface area contributed by atoms with Gasteiger partial charge in [0.15, 0.2) is 0 Å². The minimum absolute atomic E-state index is 0.0124. The van der Waals surface area contributed by atoms with Gasteiger partial charge in [0.1, 0.15) is 29.2 Å². The van der Waals surface area contributed by atoms with Crippen LogP contribution < -0.4 is 20.7 Å². The van der Waals surface area contributed by atoms with Gasteiger partial charge in [0.2, 0.25) is 0 Å². The molecule has 1 atom stereocenters. The van der Waals surface area contributed by atoms with Crippen molar-refractivity contribution >= 4 is 35.3 Å². The number of hydrogen-bond acceptors (Lipinski definition) is 8. The van der Waals surface area contributed by atoms with E-state index < -0.39 is 41.6 Å². The zero-order valence-corrected chi connectivity index (χ0v) is 24.4. The van der Waals surface area contributed by atoms with Crippen LogP contribution in [0.1, 0.15) is 28.8 Å². The Bertz CT molecular complexity index is 1730. The summed E-state index contributed by atoms with van der Waals surface area (Å²) in [6.45, 7) is 1.74. The van der Waals surface area contributed by atoms with Gasteiger partial charge in [-0.3, -0.25) is 14.6 Å². The third kappa shape index (κ3) is 8.63. The van der Waals surface area contributed by atoms with Crippen molar-refractivity contribution in [2.24, 2.45) is 0 Å². The number of methoxy groups -OCH3 is 2. The number of aromatic amines is 1. The monoisotopic (exact) mass is 621 g/mol. The van der Waals surface area contributed by atoms with Crippen molar-refractivity contribution in [2.45, 2.75) is 25.8 Å². The van der Waals surface area contributed by atoms with Crippen molar-refractivity contribution in [3.8, 4) is 22.9 Å². The summed E-state index contributed by atoms with van der Waals surface area (Å²) in [6.07, 6.45) is 2.76. The molecule has 1 unspecified atom stereocenters. The van der Waals surface area contributed by atoms with Gasteiger partial charge in [-0.1, -0.05) is 6.07 Å². The van der Waals surface area contributed by atoms with Crippen molar-refractivity contribution < 1.29 is 42.2 Å². The number of carbonyl (C=O) groups is 4. The highest BCUT2D eigenvalue weighted by Gasteiger charge is 2.24. The highest BCUT2D eigenvalue weighted by atomic mass is 19.1. The van der Waals surface area contributed by atoms with Crippen molar-refractivity contribution in [3.63, 3.8) is 0 Å². The molecular weight excluding hydrogens is 592 g/mol. The second-order valence-electron chi connectivity index (χ2n) is 9.65. The summed E-state index contributed by atoms with van der Waals surface area (Å²) in [5, 5.41) is 7.22. The molecule has 234 valence electrons. The summed E-state index contributed by atoms with van der Waals surface area (Å²) in [4.78, 5) is 55.9. The summed E-state index contributed by atoms with van der Waals surface area (Å²) < 4.78 is 43.8. The molecule has 0 saturated carbocycles. The summed E-state index contributed by atoms with van der Waals surface area (Å²) in [7, 11) is 2.39. The lowest BCUT2D eigenvalue weighted by atomic mass is 10.1. The number of aromatic nitrogens is 2. The topological polar surface area (TPSA) is 161 Å². The van der Waals surface area contributed by atoms with Crippen molar-refractivity contribution in [2.75, 3.05) is 24.9 Å². The first-order chi connectivity index (χ1) is 21.6. The van der Waals surface area contributed by atoms with Crippen LogP contribution in [0.2, 0.25) is 0 Å². The maximum absolute atomic E-state index is 14.8. The third-order valence-electron chi connectivity index (χ3n) is 6.40. The Morgan fingerprint density at radius 1 is 0.889 bits per heavy atom. The van der Waals surface area contributed by atoms with E-state index in [-0.39, 0.29) is 35.5 Å². The van der Waals surface area contributed by atoms with Crippen LogP contribution in [0, 0.1) is 18.6 Å². The van der Waals surface area contributed by atoms with Crippen LogP contribution in [-0.4, -0.2) is 54.1 Å². The molecule has 45 heavy (non-hydrogen) atoms. The van der Waals surface area contributed by atoms with Gasteiger partial charge in [-0.15, -0.1) is 0 Å². The number of H-pyrrole nitrogens is 1. The van der Waals surface area contributed by atoms with Gasteiger partial charge in [0.05, 0.1) is 42.5 Å². The van der Waals surface area contributed by atoms with E-state index in [1.54, 1.807) is 19.1 Å². The molecule has 12 nitrogen and oxygen atoms in total. The smallest absolute Gasteiger partial charge is 0.328 e. The molecule has 4 rings (SSSR count). The van der Waals surface area contributed by atoms with E-state index in [4.69, 9.17) is 9.47 Å². The van der Waals surface area contributed by atoms with E-state index in [1.807, 2.05) is 0 Å². The number of halogens is 2. The highest BCUT2D eigenvalue weighted by Crippen LogP contribution is 2.28. The summed E-state index contributed by atoms with van der Waals surface area (Å²) in [6, 6.07) is 10.7. The normalized spacial score (nSPS) is 11.2. The van der Waals surface area contributed by atoms with E-state index in [1.165, 1.54) is 63.0 Å². The minimum Gasteiger partial charge on any atom is -0.469 e. The lowest BCUT2D eigenvalue weighted by molar-refractivity contribution is -0.144. The molecule has 0 radical (unpaired) electrons. The average Bonchev–Trinajstić information content (AvgIpc) is 3.53. The molecule has 3 amide bonds. The Labute approximate surface area is 256 Å². The second-order valence-corrected chi connectivity index (χ2v) is 9.65. The van der Waals surface area contributed by atoms with Gasteiger partial charge in [-0.05, 0) is 55.3 Å². The molecule has 2 heterocycles. The Morgan fingerprint density at radius 3 is 2.38 bits per heavy atom. The molecule has 0 spiro atoms. The number of urea groups is 1. The number of benzene rings is 2. The van der Waals surface area contributed by atoms with Crippen LogP contribution in [0.5, 0.6) is 11.5 Å². The fourth-order valence-corrected chi connectivity index (χ4v) is 4.10. The van der Waals surface area contributed by atoms with E-state index in [9.17, 15) is 28.0 Å². The number of nitrogens with one attached hydrogen (secondary N) is 4. The third-order valence-corrected chi connectivity index (χ3v) is 6.40. The van der Waals surface area contributed by atoms with Crippen molar-refractivity contribution in [1.29, 1.82) is 0 Å². The number of hydrogen-bond donors (Lipinski definition) is 4. The highest BCUT2D eigenvalue weighted by molar-refractivity contribution is 6.00. The number of pyridine rings is 1. The van der Waals surface area contributed by atoms with Gasteiger partial charge in [-0.2, -0.15) is 0 Å². The Balaban J connectivity index is 1.40. The minimum atomic E-state index is -1.07. The lowest BCUT2D eigenvalue weighted by Gasteiger charge is -2.15. The molecule has 4 aromatic rings. The molecule has 2 aromatic heterocycles. The molecule has 0 fully saturated rings. The van der Waals surface area contributed by atoms with E-state index in [0.717, 1.165) is 11.6 Å². The number of rotatable bonds is 11. The number of aryl methyl sites for hydroxylation is 1. The molecule has 0 aliphatic carbocycles. The van der Waals surface area contributed by atoms with Crippen LogP contribution in [0.4, 0.5) is 25.0 Å². The zero-order valence-electron chi connectivity index (χ0n) is 24.4. The van der Waals surface area contributed by atoms with Gasteiger partial charge >= 0.3 is 18.0 Å². The van der Waals surface area contributed by atoms with Gasteiger partial charge in [0, 0.05) is 30.9 Å². The molecule has 4 N–H and O–H groups in total. The first-order valence-corrected chi connectivity index (χ1v) is 13.5. The first-order valence-electron chi connectivity index (χ1n) is 13.5. The summed E-state index contributed by atoms with van der Waals surface area (Å²) in [5.74, 6) is -2.85. The van der Waals surface area contributed by atoms with Gasteiger partial charge in [0.25, 0.3) is 5.91 Å². The molecule has 0 bridgehead atoms.